The minimum Gasteiger partial charge on any atom is -0.468 e. The summed E-state index contributed by atoms with van der Waals surface area (Å²) in [5.41, 5.74) is -1.77. The lowest BCUT2D eigenvalue weighted by molar-refractivity contribution is -0.341. The second-order valence-corrected chi connectivity index (χ2v) is 11.9. The van der Waals surface area contributed by atoms with E-state index in [0.29, 0.717) is 19.6 Å². The minimum absolute atomic E-state index is 0.0269. The Bertz CT molecular complexity index is 1000. The molecule has 0 aliphatic carbocycles. The summed E-state index contributed by atoms with van der Waals surface area (Å²) < 4.78 is 40.4. The summed E-state index contributed by atoms with van der Waals surface area (Å²) in [5, 5.41) is 2.69. The van der Waals surface area contributed by atoms with Gasteiger partial charge in [0.05, 0.1) is 19.1 Å². The van der Waals surface area contributed by atoms with Crippen LogP contribution < -0.4 is 5.32 Å². The molecule has 11 nitrogen and oxygen atoms in total. The lowest BCUT2D eigenvalue weighted by atomic mass is 9.80. The van der Waals surface area contributed by atoms with Gasteiger partial charge < -0.3 is 38.5 Å². The average Bonchev–Trinajstić information content (AvgIpc) is 3.00. The summed E-state index contributed by atoms with van der Waals surface area (Å²) >= 11 is 0. The lowest BCUT2D eigenvalue weighted by Crippen LogP contribution is -2.59. The topological polar surface area (TPSA) is 128 Å². The van der Waals surface area contributed by atoms with Gasteiger partial charge in [0.2, 0.25) is 5.79 Å². The Balaban J connectivity index is 1.78. The fourth-order valence-corrected chi connectivity index (χ4v) is 4.74. The molecule has 0 bridgehead atoms. The molecule has 236 valence electrons. The Kier molecular flexibility index (Phi) is 12.6. The van der Waals surface area contributed by atoms with Gasteiger partial charge in [0.1, 0.15) is 12.0 Å². The van der Waals surface area contributed by atoms with Crippen LogP contribution in [-0.2, 0) is 49.4 Å². The number of nitrogens with one attached hydrogen (secondary N) is 1. The first-order chi connectivity index (χ1) is 20.0. The number of alkyl carbamates (subject to hydrolysis) is 1. The molecule has 0 radical (unpaired) electrons. The van der Waals surface area contributed by atoms with Crippen molar-refractivity contribution in [3.63, 3.8) is 0 Å². The maximum Gasteiger partial charge on any atom is 0.407 e. The minimum atomic E-state index is -1.86. The van der Waals surface area contributed by atoms with Crippen LogP contribution in [0.2, 0.25) is 0 Å². The molecule has 0 aromatic heterocycles. The highest BCUT2D eigenvalue weighted by atomic mass is 16.8. The second-order valence-electron chi connectivity index (χ2n) is 11.9. The molecule has 0 spiro atoms. The van der Waals surface area contributed by atoms with E-state index in [1.807, 2.05) is 30.3 Å². The molecule has 2 heterocycles. The van der Waals surface area contributed by atoms with Crippen molar-refractivity contribution >= 4 is 18.0 Å². The number of methoxy groups -OCH3 is 1. The van der Waals surface area contributed by atoms with Gasteiger partial charge in [-0.2, -0.15) is 0 Å². The van der Waals surface area contributed by atoms with Crippen LogP contribution >= 0.6 is 0 Å². The number of rotatable bonds is 14. The van der Waals surface area contributed by atoms with E-state index in [0.717, 1.165) is 37.7 Å². The normalized spacial score (nSPS) is 21.1. The molecule has 1 aromatic carbocycles. The van der Waals surface area contributed by atoms with Crippen molar-refractivity contribution in [2.24, 2.45) is 10.8 Å². The number of hydrogen-bond acceptors (Lipinski definition) is 10. The van der Waals surface area contributed by atoms with Crippen LogP contribution in [0, 0.1) is 10.8 Å². The average molecular weight is 594 g/mol. The number of ether oxygens (including phenoxy) is 7. The molecule has 0 saturated carbocycles. The Morgan fingerprint density at radius 3 is 2.14 bits per heavy atom. The van der Waals surface area contributed by atoms with E-state index in [-0.39, 0.29) is 32.5 Å². The predicted molar refractivity (Wildman–Crippen MR) is 152 cm³/mol. The Hall–Kier alpha value is -2.73. The number of hydrogen-bond donors (Lipinski definition) is 1. The zero-order chi connectivity index (χ0) is 30.6. The van der Waals surface area contributed by atoms with E-state index in [2.05, 4.69) is 5.32 Å². The molecule has 1 aromatic rings. The van der Waals surface area contributed by atoms with Crippen LogP contribution in [0.4, 0.5) is 4.79 Å². The molecular formula is C31H47NO10. The summed E-state index contributed by atoms with van der Waals surface area (Å²) in [5.74, 6) is -3.15. The van der Waals surface area contributed by atoms with E-state index >= 15 is 0 Å². The highest BCUT2D eigenvalue weighted by Crippen LogP contribution is 2.43. The van der Waals surface area contributed by atoms with Crippen molar-refractivity contribution < 1.29 is 47.5 Å². The van der Waals surface area contributed by atoms with Crippen molar-refractivity contribution in [2.75, 3.05) is 33.5 Å². The molecule has 2 saturated heterocycles. The van der Waals surface area contributed by atoms with Crippen LogP contribution in [0.3, 0.4) is 0 Å². The maximum atomic E-state index is 13.8. The largest absolute Gasteiger partial charge is 0.468 e. The van der Waals surface area contributed by atoms with Gasteiger partial charge in [-0.15, -0.1) is 0 Å². The number of carbonyl (C=O) groups excluding carboxylic acids is 3. The van der Waals surface area contributed by atoms with Crippen molar-refractivity contribution in [3.05, 3.63) is 35.9 Å². The summed E-state index contributed by atoms with van der Waals surface area (Å²) in [7, 11) is 1.26. The molecule has 11 heteroatoms. The van der Waals surface area contributed by atoms with Gasteiger partial charge in [-0.1, -0.05) is 30.3 Å². The fourth-order valence-electron chi connectivity index (χ4n) is 4.74. The van der Waals surface area contributed by atoms with E-state index in [4.69, 9.17) is 33.2 Å². The smallest absolute Gasteiger partial charge is 0.407 e. The lowest BCUT2D eigenvalue weighted by Gasteiger charge is -2.46. The Labute approximate surface area is 248 Å². The first-order valence-corrected chi connectivity index (χ1v) is 14.8. The zero-order valence-electron chi connectivity index (χ0n) is 25.6. The van der Waals surface area contributed by atoms with Crippen LogP contribution in [0.1, 0.15) is 78.2 Å². The highest BCUT2D eigenvalue weighted by Gasteiger charge is 2.58. The van der Waals surface area contributed by atoms with E-state index in [1.54, 1.807) is 27.7 Å². The summed E-state index contributed by atoms with van der Waals surface area (Å²) in [6, 6.07) is 9.28. The molecule has 2 aliphatic rings. The molecule has 2 fully saturated rings. The van der Waals surface area contributed by atoms with Gasteiger partial charge in [-0.05, 0) is 71.8 Å². The number of benzene rings is 1. The van der Waals surface area contributed by atoms with Gasteiger partial charge in [-0.25, -0.2) is 4.79 Å². The van der Waals surface area contributed by atoms with Crippen molar-refractivity contribution in [1.82, 2.24) is 5.32 Å². The van der Waals surface area contributed by atoms with Crippen molar-refractivity contribution in [1.29, 1.82) is 0 Å². The molecule has 42 heavy (non-hydrogen) atoms. The third-order valence-electron chi connectivity index (χ3n) is 7.62. The van der Waals surface area contributed by atoms with E-state index < -0.39 is 40.9 Å². The van der Waals surface area contributed by atoms with Crippen LogP contribution in [0.15, 0.2) is 30.3 Å². The van der Waals surface area contributed by atoms with Gasteiger partial charge in [0, 0.05) is 26.2 Å². The Morgan fingerprint density at radius 1 is 0.905 bits per heavy atom. The van der Waals surface area contributed by atoms with Gasteiger partial charge in [0.15, 0.2) is 12.6 Å². The van der Waals surface area contributed by atoms with Gasteiger partial charge in [-0.3, -0.25) is 9.59 Å². The quantitative estimate of drug-likeness (QED) is 0.182. The number of carbonyl (C=O) groups is 3. The number of esters is 2. The zero-order valence-corrected chi connectivity index (χ0v) is 25.6. The van der Waals surface area contributed by atoms with Gasteiger partial charge in [0.25, 0.3) is 0 Å². The molecule has 3 atom stereocenters. The van der Waals surface area contributed by atoms with Crippen LogP contribution in [0.5, 0.6) is 0 Å². The highest BCUT2D eigenvalue weighted by molar-refractivity contribution is 5.80. The fraction of sp³-hybridized carbons (Fsp3) is 0.710. The van der Waals surface area contributed by atoms with Crippen LogP contribution in [-0.4, -0.2) is 69.9 Å². The predicted octanol–water partition coefficient (Wildman–Crippen LogP) is 4.85. The molecule has 3 rings (SSSR count). The second kappa shape index (κ2) is 15.7. The molecule has 3 unspecified atom stereocenters. The first kappa shape index (κ1) is 33.8. The summed E-state index contributed by atoms with van der Waals surface area (Å²) in [4.78, 5) is 39.5. The van der Waals surface area contributed by atoms with Gasteiger partial charge >= 0.3 is 18.0 Å². The molecular weight excluding hydrogens is 546 g/mol. The summed E-state index contributed by atoms with van der Waals surface area (Å²) in [6.45, 7) is 7.75. The van der Waals surface area contributed by atoms with Crippen molar-refractivity contribution in [3.8, 4) is 0 Å². The molecule has 1 N–H and O–H groups in total. The van der Waals surface area contributed by atoms with E-state index in [1.165, 1.54) is 7.11 Å². The standard InChI is InChI=1S/C31H47NO10/c1-29(2,22-40-24-15-9-11-19-37-24)26(33)42-31(30(3,4)27(34)36-5,41-25-16-10-12-20-38-25)17-18-32-28(35)39-21-23-13-7-6-8-14-23/h6-8,13-14,24-25H,9-12,15-22H2,1-5H3,(H,32,35). The molecule has 2 aliphatic heterocycles. The van der Waals surface area contributed by atoms with Crippen LogP contribution in [0.25, 0.3) is 0 Å². The maximum absolute atomic E-state index is 13.8. The third-order valence-corrected chi connectivity index (χ3v) is 7.62. The molecule has 1 amide bonds. The van der Waals surface area contributed by atoms with Crippen molar-refractivity contribution in [2.45, 2.75) is 97.6 Å². The SMILES string of the molecule is COC(=O)C(C)(C)C(CCNC(=O)OCc1ccccc1)(OC(=O)C(C)(C)COC1CCCCO1)OC1CCCCO1. The first-order valence-electron chi connectivity index (χ1n) is 14.8. The third kappa shape index (κ3) is 9.39. The van der Waals surface area contributed by atoms with E-state index in [9.17, 15) is 14.4 Å². The monoisotopic (exact) mass is 593 g/mol. The number of amides is 1. The Morgan fingerprint density at radius 2 is 1.55 bits per heavy atom. The summed E-state index contributed by atoms with van der Waals surface area (Å²) in [6.07, 6.45) is 3.12.